The summed E-state index contributed by atoms with van der Waals surface area (Å²) in [6.45, 7) is 6.35. The van der Waals surface area contributed by atoms with Crippen LogP contribution in [-0.4, -0.2) is 32.3 Å². The second-order valence-electron chi connectivity index (χ2n) is 8.30. The molecule has 2 aromatic carbocycles. The van der Waals surface area contributed by atoms with E-state index in [4.69, 9.17) is 14.8 Å². The Bertz CT molecular complexity index is 1390. The van der Waals surface area contributed by atoms with Crippen molar-refractivity contribution >= 4 is 17.5 Å². The van der Waals surface area contributed by atoms with E-state index in [0.717, 1.165) is 16.7 Å². The van der Waals surface area contributed by atoms with Gasteiger partial charge in [0.05, 0.1) is 24.1 Å². The molecule has 0 spiro atoms. The van der Waals surface area contributed by atoms with Crippen molar-refractivity contribution in [2.75, 3.05) is 17.2 Å². The van der Waals surface area contributed by atoms with E-state index in [2.05, 4.69) is 15.6 Å². The number of nitrogens with one attached hydrogen (secondary N) is 2. The van der Waals surface area contributed by atoms with Crippen molar-refractivity contribution in [1.82, 2.24) is 19.7 Å². The summed E-state index contributed by atoms with van der Waals surface area (Å²) < 4.78 is 7.71. The number of fused-ring (bicyclic) bond motifs is 1. The van der Waals surface area contributed by atoms with Gasteiger partial charge in [0.1, 0.15) is 11.8 Å². The Morgan fingerprint density at radius 3 is 2.63 bits per heavy atom. The molecular weight excluding hydrogens is 440 g/mol. The summed E-state index contributed by atoms with van der Waals surface area (Å²) in [6.07, 6.45) is 3.28. The maximum Gasteiger partial charge on any atom is 0.255 e. The average Bonchev–Trinajstić information content (AvgIpc) is 3.28. The number of carbonyl (C=O) groups is 1. The Kier molecular flexibility index (Phi) is 6.01. The number of amides is 1. The highest BCUT2D eigenvalue weighted by molar-refractivity contribution is 6.06. The molecule has 4 aromatic rings. The number of benzene rings is 2. The fourth-order valence-corrected chi connectivity index (χ4v) is 4.19. The monoisotopic (exact) mass is 466 g/mol. The van der Waals surface area contributed by atoms with Crippen molar-refractivity contribution in [3.8, 4) is 17.1 Å². The number of carbonyl (C=O) groups excluding carboxylic acids is 1. The van der Waals surface area contributed by atoms with Crippen molar-refractivity contribution in [2.45, 2.75) is 26.8 Å². The lowest BCUT2D eigenvalue weighted by molar-refractivity contribution is -0.113. The standard InChI is InChI=1S/C27H26N6O2/c1-4-35-22-10-6-5-9-21(22)24-23(26(34)30-20-8-7-15-28-16-20)18(3)29-27-31-25(32-33(24)27)19-13-11-17(2)12-14-19/h5-16,24H,4H2,1-3H3,(H,30,34)(H,29,31,32). The minimum atomic E-state index is -0.544. The van der Waals surface area contributed by atoms with Crippen LogP contribution in [-0.2, 0) is 4.79 Å². The number of rotatable bonds is 6. The topological polar surface area (TPSA) is 94.0 Å². The van der Waals surface area contributed by atoms with Gasteiger partial charge in [-0.05, 0) is 39.0 Å². The maximum absolute atomic E-state index is 13.6. The number of aromatic nitrogens is 4. The van der Waals surface area contributed by atoms with Gasteiger partial charge < -0.3 is 15.4 Å². The van der Waals surface area contributed by atoms with Crippen LogP contribution < -0.4 is 15.4 Å². The minimum Gasteiger partial charge on any atom is -0.494 e. The Hall–Kier alpha value is -4.46. The molecule has 0 saturated carbocycles. The molecular formula is C27H26N6O2. The first-order valence-corrected chi connectivity index (χ1v) is 11.5. The Labute approximate surface area is 203 Å². The van der Waals surface area contributed by atoms with Gasteiger partial charge in [-0.3, -0.25) is 9.78 Å². The average molecular weight is 467 g/mol. The van der Waals surface area contributed by atoms with Crippen LogP contribution >= 0.6 is 0 Å². The Balaban J connectivity index is 1.63. The molecule has 1 aliphatic rings. The van der Waals surface area contributed by atoms with Crippen LogP contribution in [0, 0.1) is 6.92 Å². The summed E-state index contributed by atoms with van der Waals surface area (Å²) >= 11 is 0. The molecule has 1 unspecified atom stereocenters. The predicted octanol–water partition coefficient (Wildman–Crippen LogP) is 4.97. The third-order valence-corrected chi connectivity index (χ3v) is 5.84. The molecule has 1 aliphatic heterocycles. The first-order valence-electron chi connectivity index (χ1n) is 11.5. The molecule has 2 aromatic heterocycles. The van der Waals surface area contributed by atoms with Crippen LogP contribution in [0.25, 0.3) is 11.4 Å². The second-order valence-corrected chi connectivity index (χ2v) is 8.30. The van der Waals surface area contributed by atoms with E-state index < -0.39 is 6.04 Å². The SMILES string of the molecule is CCOc1ccccc1C1C(C(=O)Nc2cccnc2)=C(C)Nc2nc(-c3ccc(C)cc3)nn21. The Morgan fingerprint density at radius 1 is 1.09 bits per heavy atom. The van der Waals surface area contributed by atoms with Crippen molar-refractivity contribution in [1.29, 1.82) is 0 Å². The van der Waals surface area contributed by atoms with E-state index in [1.807, 2.05) is 69.3 Å². The molecule has 35 heavy (non-hydrogen) atoms. The summed E-state index contributed by atoms with van der Waals surface area (Å²) in [5.41, 5.74) is 4.71. The van der Waals surface area contributed by atoms with Crippen molar-refractivity contribution in [3.05, 3.63) is 95.5 Å². The minimum absolute atomic E-state index is 0.252. The number of hydrogen-bond acceptors (Lipinski definition) is 6. The van der Waals surface area contributed by atoms with E-state index >= 15 is 0 Å². The van der Waals surface area contributed by atoms with Gasteiger partial charge in [-0.2, -0.15) is 4.98 Å². The van der Waals surface area contributed by atoms with Gasteiger partial charge >= 0.3 is 0 Å². The quantitative estimate of drug-likeness (QED) is 0.417. The number of hydrogen-bond donors (Lipinski definition) is 2. The number of pyridine rings is 1. The molecule has 3 heterocycles. The normalized spacial score (nSPS) is 14.8. The molecule has 0 saturated heterocycles. The third kappa shape index (κ3) is 4.38. The molecule has 0 aliphatic carbocycles. The first kappa shape index (κ1) is 22.3. The van der Waals surface area contributed by atoms with Crippen molar-refractivity contribution in [2.24, 2.45) is 0 Å². The molecule has 1 atom stereocenters. The van der Waals surface area contributed by atoms with Gasteiger partial charge in [0, 0.05) is 23.0 Å². The fraction of sp³-hybridized carbons (Fsp3) is 0.185. The van der Waals surface area contributed by atoms with Gasteiger partial charge in [0.15, 0.2) is 5.82 Å². The number of nitrogens with zero attached hydrogens (tertiary/aromatic N) is 4. The molecule has 176 valence electrons. The van der Waals surface area contributed by atoms with Gasteiger partial charge in [-0.15, -0.1) is 5.10 Å². The van der Waals surface area contributed by atoms with Gasteiger partial charge in [-0.1, -0.05) is 48.0 Å². The Morgan fingerprint density at radius 2 is 1.89 bits per heavy atom. The molecule has 0 radical (unpaired) electrons. The van der Waals surface area contributed by atoms with Crippen LogP contribution in [0.3, 0.4) is 0 Å². The molecule has 0 fully saturated rings. The van der Waals surface area contributed by atoms with Crippen LogP contribution in [0.5, 0.6) is 5.75 Å². The molecule has 8 heteroatoms. The summed E-state index contributed by atoms with van der Waals surface area (Å²) in [6, 6.07) is 18.8. The number of para-hydroxylation sites is 1. The van der Waals surface area contributed by atoms with E-state index in [9.17, 15) is 4.79 Å². The first-order chi connectivity index (χ1) is 17.0. The summed E-state index contributed by atoms with van der Waals surface area (Å²) in [7, 11) is 0. The summed E-state index contributed by atoms with van der Waals surface area (Å²) in [4.78, 5) is 22.5. The molecule has 1 amide bonds. The highest BCUT2D eigenvalue weighted by Crippen LogP contribution is 2.40. The third-order valence-electron chi connectivity index (χ3n) is 5.84. The molecule has 5 rings (SSSR count). The van der Waals surface area contributed by atoms with E-state index in [0.29, 0.717) is 41.1 Å². The fourth-order valence-electron chi connectivity index (χ4n) is 4.19. The predicted molar refractivity (Wildman–Crippen MR) is 135 cm³/mol. The van der Waals surface area contributed by atoms with E-state index in [1.54, 1.807) is 29.2 Å². The van der Waals surface area contributed by atoms with Crippen LogP contribution in [0.1, 0.15) is 31.0 Å². The van der Waals surface area contributed by atoms with E-state index in [-0.39, 0.29) is 5.91 Å². The number of anilines is 2. The smallest absolute Gasteiger partial charge is 0.255 e. The lowest BCUT2D eigenvalue weighted by atomic mass is 9.94. The second kappa shape index (κ2) is 9.42. The summed E-state index contributed by atoms with van der Waals surface area (Å²) in [5, 5.41) is 11.1. The summed E-state index contributed by atoms with van der Waals surface area (Å²) in [5.74, 6) is 1.58. The van der Waals surface area contributed by atoms with Crippen molar-refractivity contribution < 1.29 is 9.53 Å². The number of allylic oxidation sites excluding steroid dienone is 1. The lowest BCUT2D eigenvalue weighted by Gasteiger charge is -2.29. The molecule has 0 bridgehead atoms. The van der Waals surface area contributed by atoms with E-state index in [1.165, 1.54) is 0 Å². The van der Waals surface area contributed by atoms with Crippen LogP contribution in [0.4, 0.5) is 11.6 Å². The van der Waals surface area contributed by atoms with Gasteiger partial charge in [0.2, 0.25) is 5.95 Å². The van der Waals surface area contributed by atoms with Gasteiger partial charge in [0.25, 0.3) is 5.91 Å². The zero-order valence-corrected chi connectivity index (χ0v) is 19.8. The zero-order valence-electron chi connectivity index (χ0n) is 19.8. The van der Waals surface area contributed by atoms with Gasteiger partial charge in [-0.25, -0.2) is 4.68 Å². The largest absolute Gasteiger partial charge is 0.494 e. The molecule has 8 nitrogen and oxygen atoms in total. The highest BCUT2D eigenvalue weighted by atomic mass is 16.5. The number of aryl methyl sites for hydroxylation is 1. The zero-order chi connectivity index (χ0) is 24.4. The highest BCUT2D eigenvalue weighted by Gasteiger charge is 2.36. The maximum atomic E-state index is 13.6. The molecule has 2 N–H and O–H groups in total. The van der Waals surface area contributed by atoms with Crippen molar-refractivity contribution in [3.63, 3.8) is 0 Å². The van der Waals surface area contributed by atoms with Crippen LogP contribution in [0.2, 0.25) is 0 Å². The lowest BCUT2D eigenvalue weighted by Crippen LogP contribution is -2.31. The van der Waals surface area contributed by atoms with Crippen LogP contribution in [0.15, 0.2) is 84.3 Å². The number of ether oxygens (including phenoxy) is 1.